The van der Waals surface area contributed by atoms with Crippen LogP contribution in [-0.4, -0.2) is 16.2 Å². The third-order valence-electron chi connectivity index (χ3n) is 3.47. The third-order valence-corrected chi connectivity index (χ3v) is 3.74. The lowest BCUT2D eigenvalue weighted by molar-refractivity contribution is -0.123. The van der Waals surface area contributed by atoms with Crippen LogP contribution in [0.1, 0.15) is 30.0 Å². The van der Waals surface area contributed by atoms with Crippen molar-refractivity contribution < 1.29 is 5.21 Å². The van der Waals surface area contributed by atoms with E-state index >= 15 is 0 Å². The molecule has 0 fully saturated rings. The van der Waals surface area contributed by atoms with Crippen LogP contribution in [0.3, 0.4) is 0 Å². The van der Waals surface area contributed by atoms with E-state index in [4.69, 9.17) is 11.6 Å². The van der Waals surface area contributed by atoms with E-state index in [-0.39, 0.29) is 6.04 Å². The SMILES string of the molecule is ON(Cc1ccccc1)C(/C=C/CCCCl)c1ccccc1. The zero-order chi connectivity index (χ0) is 15.6. The maximum absolute atomic E-state index is 10.5. The number of hydrogen-bond acceptors (Lipinski definition) is 2. The zero-order valence-electron chi connectivity index (χ0n) is 12.6. The molecular weight excluding hydrogens is 294 g/mol. The van der Waals surface area contributed by atoms with Gasteiger partial charge in [-0.2, -0.15) is 5.06 Å². The molecule has 0 heterocycles. The number of hydroxylamine groups is 2. The van der Waals surface area contributed by atoms with E-state index in [0.29, 0.717) is 12.4 Å². The molecule has 0 amide bonds. The molecule has 0 aliphatic heterocycles. The number of alkyl halides is 1. The van der Waals surface area contributed by atoms with Gasteiger partial charge in [0, 0.05) is 12.4 Å². The van der Waals surface area contributed by atoms with Crippen molar-refractivity contribution in [3.05, 3.63) is 83.9 Å². The second-order valence-corrected chi connectivity index (χ2v) is 5.58. The molecule has 3 heteroatoms. The lowest BCUT2D eigenvalue weighted by atomic mass is 10.0. The van der Waals surface area contributed by atoms with Gasteiger partial charge in [-0.25, -0.2) is 0 Å². The number of allylic oxidation sites excluding steroid dienone is 1. The molecule has 0 saturated carbocycles. The van der Waals surface area contributed by atoms with Gasteiger partial charge < -0.3 is 5.21 Å². The Kier molecular flexibility index (Phi) is 7.17. The zero-order valence-corrected chi connectivity index (χ0v) is 13.4. The lowest BCUT2D eigenvalue weighted by Gasteiger charge is -2.24. The third kappa shape index (κ3) is 5.30. The van der Waals surface area contributed by atoms with Crippen LogP contribution in [0, 0.1) is 0 Å². The second-order valence-electron chi connectivity index (χ2n) is 5.20. The maximum atomic E-state index is 10.5. The first kappa shape index (κ1) is 16.8. The predicted octanol–water partition coefficient (Wildman–Crippen LogP) is 5.19. The van der Waals surface area contributed by atoms with Crippen molar-refractivity contribution in [2.45, 2.75) is 25.4 Å². The molecule has 0 aliphatic carbocycles. The van der Waals surface area contributed by atoms with Gasteiger partial charge >= 0.3 is 0 Å². The number of rotatable bonds is 8. The van der Waals surface area contributed by atoms with E-state index in [1.165, 1.54) is 5.06 Å². The second kappa shape index (κ2) is 9.42. The fourth-order valence-electron chi connectivity index (χ4n) is 2.32. The van der Waals surface area contributed by atoms with Crippen LogP contribution in [0.4, 0.5) is 0 Å². The highest BCUT2D eigenvalue weighted by molar-refractivity contribution is 6.17. The van der Waals surface area contributed by atoms with Crippen LogP contribution in [0.5, 0.6) is 0 Å². The average molecular weight is 316 g/mol. The van der Waals surface area contributed by atoms with Gasteiger partial charge in [-0.3, -0.25) is 0 Å². The predicted molar refractivity (Wildman–Crippen MR) is 92.0 cm³/mol. The van der Waals surface area contributed by atoms with Crippen molar-refractivity contribution in [3.63, 3.8) is 0 Å². The van der Waals surface area contributed by atoms with Crippen molar-refractivity contribution in [1.82, 2.24) is 5.06 Å². The smallest absolute Gasteiger partial charge is 0.0784 e. The average Bonchev–Trinajstić information content (AvgIpc) is 2.56. The number of hydrogen-bond donors (Lipinski definition) is 1. The van der Waals surface area contributed by atoms with E-state index in [0.717, 1.165) is 24.0 Å². The highest BCUT2D eigenvalue weighted by Crippen LogP contribution is 2.22. The Morgan fingerprint density at radius 1 is 1.00 bits per heavy atom. The van der Waals surface area contributed by atoms with Crippen molar-refractivity contribution >= 4 is 11.6 Å². The molecule has 1 unspecified atom stereocenters. The molecule has 0 radical (unpaired) electrons. The standard InChI is InChI=1S/C19H22ClNO/c20-15-9-3-8-14-19(18-12-6-2-7-13-18)21(22)16-17-10-4-1-5-11-17/h1-2,4-8,10-14,19,22H,3,9,15-16H2/b14-8+. The maximum Gasteiger partial charge on any atom is 0.0784 e. The summed E-state index contributed by atoms with van der Waals surface area (Å²) in [4.78, 5) is 0. The summed E-state index contributed by atoms with van der Waals surface area (Å²) in [5.74, 6) is 0.660. The number of nitrogens with zero attached hydrogens (tertiary/aromatic N) is 1. The first-order valence-electron chi connectivity index (χ1n) is 7.58. The molecule has 2 rings (SSSR count). The topological polar surface area (TPSA) is 23.5 Å². The van der Waals surface area contributed by atoms with Crippen molar-refractivity contribution in [2.24, 2.45) is 0 Å². The monoisotopic (exact) mass is 315 g/mol. The summed E-state index contributed by atoms with van der Waals surface area (Å²) in [6.07, 6.45) is 6.01. The first-order chi connectivity index (χ1) is 10.8. The minimum Gasteiger partial charge on any atom is -0.313 e. The van der Waals surface area contributed by atoms with E-state index in [1.807, 2.05) is 66.7 Å². The molecule has 2 nitrogen and oxygen atoms in total. The van der Waals surface area contributed by atoms with Crippen LogP contribution in [0.2, 0.25) is 0 Å². The van der Waals surface area contributed by atoms with Crippen LogP contribution in [-0.2, 0) is 6.54 Å². The van der Waals surface area contributed by atoms with E-state index in [1.54, 1.807) is 0 Å². The summed E-state index contributed by atoms with van der Waals surface area (Å²) in [7, 11) is 0. The van der Waals surface area contributed by atoms with E-state index in [9.17, 15) is 5.21 Å². The molecule has 0 aliphatic rings. The molecule has 0 bridgehead atoms. The van der Waals surface area contributed by atoms with Crippen LogP contribution in [0.25, 0.3) is 0 Å². The first-order valence-corrected chi connectivity index (χ1v) is 8.11. The molecule has 22 heavy (non-hydrogen) atoms. The highest BCUT2D eigenvalue weighted by atomic mass is 35.5. The number of unbranched alkanes of at least 4 members (excludes halogenated alkanes) is 1. The summed E-state index contributed by atoms with van der Waals surface area (Å²) in [5.41, 5.74) is 2.16. The Morgan fingerprint density at radius 3 is 2.27 bits per heavy atom. The van der Waals surface area contributed by atoms with Gasteiger partial charge in [-0.15, -0.1) is 11.6 Å². The van der Waals surface area contributed by atoms with Gasteiger partial charge in [0.25, 0.3) is 0 Å². The van der Waals surface area contributed by atoms with Crippen molar-refractivity contribution in [1.29, 1.82) is 0 Å². The van der Waals surface area contributed by atoms with Crippen LogP contribution < -0.4 is 0 Å². The quantitative estimate of drug-likeness (QED) is 0.313. The van der Waals surface area contributed by atoms with Gasteiger partial charge in [-0.1, -0.05) is 72.8 Å². The lowest BCUT2D eigenvalue weighted by Crippen LogP contribution is -2.23. The molecular formula is C19H22ClNO. The molecule has 1 N–H and O–H groups in total. The van der Waals surface area contributed by atoms with Crippen LogP contribution >= 0.6 is 11.6 Å². The van der Waals surface area contributed by atoms with Gasteiger partial charge in [0.15, 0.2) is 0 Å². The molecule has 1 atom stereocenters. The van der Waals surface area contributed by atoms with Crippen molar-refractivity contribution in [3.8, 4) is 0 Å². The molecule has 2 aromatic carbocycles. The molecule has 116 valence electrons. The largest absolute Gasteiger partial charge is 0.313 e. The van der Waals surface area contributed by atoms with Gasteiger partial charge in [0.05, 0.1) is 6.04 Å². The van der Waals surface area contributed by atoms with E-state index < -0.39 is 0 Å². The number of benzene rings is 2. The Hall–Kier alpha value is -1.61. The van der Waals surface area contributed by atoms with E-state index in [2.05, 4.69) is 6.08 Å². The fourth-order valence-corrected chi connectivity index (χ4v) is 2.48. The minimum absolute atomic E-state index is 0.156. The summed E-state index contributed by atoms with van der Waals surface area (Å²) >= 11 is 5.71. The highest BCUT2D eigenvalue weighted by Gasteiger charge is 2.15. The molecule has 2 aromatic rings. The summed E-state index contributed by atoms with van der Waals surface area (Å²) in [6, 6.07) is 19.9. The van der Waals surface area contributed by atoms with Gasteiger partial charge in [0.1, 0.15) is 0 Å². The Bertz CT molecular complexity index is 556. The Labute approximate surface area is 137 Å². The fraction of sp³-hybridized carbons (Fsp3) is 0.263. The van der Waals surface area contributed by atoms with Crippen LogP contribution in [0.15, 0.2) is 72.8 Å². The Morgan fingerprint density at radius 2 is 1.64 bits per heavy atom. The molecule has 0 spiro atoms. The summed E-state index contributed by atoms with van der Waals surface area (Å²) in [5, 5.41) is 11.9. The normalized spacial score (nSPS) is 12.9. The molecule has 0 saturated heterocycles. The van der Waals surface area contributed by atoms with Gasteiger partial charge in [0.2, 0.25) is 0 Å². The minimum atomic E-state index is -0.156. The summed E-state index contributed by atoms with van der Waals surface area (Å²) < 4.78 is 0. The van der Waals surface area contributed by atoms with Crippen molar-refractivity contribution in [2.75, 3.05) is 5.88 Å². The Balaban J connectivity index is 2.11. The summed E-state index contributed by atoms with van der Waals surface area (Å²) in [6.45, 7) is 0.486. The van der Waals surface area contributed by atoms with Gasteiger partial charge in [-0.05, 0) is 24.0 Å². The molecule has 0 aromatic heterocycles. The number of halogens is 1.